The summed E-state index contributed by atoms with van der Waals surface area (Å²) >= 11 is 0. The van der Waals surface area contributed by atoms with Gasteiger partial charge in [0.05, 0.1) is 11.3 Å². The van der Waals surface area contributed by atoms with E-state index in [1.165, 1.54) is 12.3 Å². The number of nitrogens with zero attached hydrogens (tertiary/aromatic N) is 3. The number of rotatable bonds is 3. The van der Waals surface area contributed by atoms with Gasteiger partial charge in [-0.1, -0.05) is 0 Å². The lowest BCUT2D eigenvalue weighted by atomic mass is 10.0. The molecular weight excluding hydrogens is 306 g/mol. The molecule has 7 heteroatoms. The lowest BCUT2D eigenvalue weighted by Gasteiger charge is -2.34. The lowest BCUT2D eigenvalue weighted by Crippen LogP contribution is -2.48. The molecule has 1 atom stereocenters. The van der Waals surface area contributed by atoms with Crippen LogP contribution in [0.3, 0.4) is 0 Å². The predicted octanol–water partition coefficient (Wildman–Crippen LogP) is 1.12. The van der Waals surface area contributed by atoms with Gasteiger partial charge in [-0.3, -0.25) is 14.3 Å². The summed E-state index contributed by atoms with van der Waals surface area (Å²) in [4.78, 5) is 28.6. The standard InChI is InChI=1S/C17H23N5O2/c1-11-7-15(23)18-9-14(11)17(24)19-13-5-4-6-22(10-13)16-8-12(2)20-21(16)3/h7-9,13H,4-6,10H2,1-3H3,(H,18,23)(H,19,24). The zero-order valence-electron chi connectivity index (χ0n) is 14.3. The molecule has 2 N–H and O–H groups in total. The largest absolute Gasteiger partial charge is 0.355 e. The number of pyridine rings is 1. The highest BCUT2D eigenvalue weighted by molar-refractivity contribution is 5.95. The zero-order valence-corrected chi connectivity index (χ0v) is 14.3. The molecule has 128 valence electrons. The fourth-order valence-corrected chi connectivity index (χ4v) is 3.28. The minimum atomic E-state index is -0.195. The van der Waals surface area contributed by atoms with Crippen LogP contribution < -0.4 is 15.8 Å². The summed E-state index contributed by atoms with van der Waals surface area (Å²) in [6, 6.07) is 3.59. The van der Waals surface area contributed by atoms with E-state index in [4.69, 9.17) is 0 Å². The summed E-state index contributed by atoms with van der Waals surface area (Å²) in [5.74, 6) is 0.934. The third-order valence-corrected chi connectivity index (χ3v) is 4.43. The summed E-state index contributed by atoms with van der Waals surface area (Å²) in [6.07, 6.45) is 3.44. The monoisotopic (exact) mass is 329 g/mol. The number of hydrogen-bond acceptors (Lipinski definition) is 4. The topological polar surface area (TPSA) is 83.0 Å². The highest BCUT2D eigenvalue weighted by Gasteiger charge is 2.24. The van der Waals surface area contributed by atoms with E-state index in [1.807, 2.05) is 18.7 Å². The van der Waals surface area contributed by atoms with E-state index < -0.39 is 0 Å². The van der Waals surface area contributed by atoms with Crippen LogP contribution in [0.1, 0.15) is 34.5 Å². The van der Waals surface area contributed by atoms with Crippen molar-refractivity contribution in [2.75, 3.05) is 18.0 Å². The first kappa shape index (κ1) is 16.3. The SMILES string of the molecule is Cc1cc(N2CCCC(NC(=O)c3c[nH]c(=O)cc3C)C2)n(C)n1. The van der Waals surface area contributed by atoms with Crippen molar-refractivity contribution < 1.29 is 4.79 Å². The number of aryl methyl sites for hydroxylation is 3. The molecule has 2 aromatic heterocycles. The van der Waals surface area contributed by atoms with Gasteiger partial charge in [0.15, 0.2) is 0 Å². The molecule has 1 unspecified atom stereocenters. The minimum absolute atomic E-state index is 0.0767. The first-order chi connectivity index (χ1) is 11.4. The molecule has 0 aliphatic carbocycles. The Morgan fingerprint density at radius 1 is 1.38 bits per heavy atom. The van der Waals surface area contributed by atoms with Crippen LogP contribution in [0.25, 0.3) is 0 Å². The van der Waals surface area contributed by atoms with E-state index in [1.54, 1.807) is 6.92 Å². The van der Waals surface area contributed by atoms with Crippen molar-refractivity contribution in [3.05, 3.63) is 45.5 Å². The van der Waals surface area contributed by atoms with Crippen molar-refractivity contribution in [1.29, 1.82) is 0 Å². The first-order valence-electron chi connectivity index (χ1n) is 8.20. The van der Waals surface area contributed by atoms with Crippen molar-refractivity contribution in [3.8, 4) is 0 Å². The molecule has 2 aromatic rings. The van der Waals surface area contributed by atoms with Gasteiger partial charge in [0.25, 0.3) is 5.91 Å². The van der Waals surface area contributed by atoms with Crippen LogP contribution in [0.15, 0.2) is 23.1 Å². The molecular formula is C17H23N5O2. The van der Waals surface area contributed by atoms with Gasteiger partial charge in [-0.15, -0.1) is 0 Å². The van der Waals surface area contributed by atoms with Gasteiger partial charge in [-0.25, -0.2) is 0 Å². The van der Waals surface area contributed by atoms with Crippen molar-refractivity contribution in [1.82, 2.24) is 20.1 Å². The summed E-state index contributed by atoms with van der Waals surface area (Å²) in [5.41, 5.74) is 2.00. The number of carbonyl (C=O) groups excluding carboxylic acids is 1. The summed E-state index contributed by atoms with van der Waals surface area (Å²) < 4.78 is 1.88. The summed E-state index contributed by atoms with van der Waals surface area (Å²) in [6.45, 7) is 5.47. The number of hydrogen-bond donors (Lipinski definition) is 2. The molecule has 1 fully saturated rings. The van der Waals surface area contributed by atoms with E-state index in [-0.39, 0.29) is 17.5 Å². The number of nitrogens with one attached hydrogen (secondary N) is 2. The fraction of sp³-hybridized carbons (Fsp3) is 0.471. The first-order valence-corrected chi connectivity index (χ1v) is 8.20. The number of carbonyl (C=O) groups is 1. The van der Waals surface area contributed by atoms with Crippen LogP contribution in [0.4, 0.5) is 5.82 Å². The predicted molar refractivity (Wildman–Crippen MR) is 92.4 cm³/mol. The molecule has 1 aliphatic rings. The molecule has 3 heterocycles. The van der Waals surface area contributed by atoms with Crippen LogP contribution in [0.5, 0.6) is 0 Å². The molecule has 24 heavy (non-hydrogen) atoms. The normalized spacial score (nSPS) is 17.8. The van der Waals surface area contributed by atoms with Crippen molar-refractivity contribution in [2.45, 2.75) is 32.7 Å². The zero-order chi connectivity index (χ0) is 17.3. The quantitative estimate of drug-likeness (QED) is 0.884. The molecule has 3 rings (SSSR count). The second-order valence-electron chi connectivity index (χ2n) is 6.42. The second-order valence-corrected chi connectivity index (χ2v) is 6.42. The summed E-state index contributed by atoms with van der Waals surface area (Å²) in [7, 11) is 1.94. The smallest absolute Gasteiger partial charge is 0.253 e. The van der Waals surface area contributed by atoms with Crippen molar-refractivity contribution >= 4 is 11.7 Å². The van der Waals surface area contributed by atoms with Crippen LogP contribution in [0, 0.1) is 13.8 Å². The Balaban J connectivity index is 1.70. The van der Waals surface area contributed by atoms with Crippen LogP contribution in [0.2, 0.25) is 0 Å². The Morgan fingerprint density at radius 2 is 2.17 bits per heavy atom. The Labute approximate surface area is 140 Å². The molecule has 0 spiro atoms. The van der Waals surface area contributed by atoms with E-state index in [0.29, 0.717) is 11.1 Å². The molecule has 0 radical (unpaired) electrons. The van der Waals surface area contributed by atoms with Gasteiger partial charge in [-0.05, 0) is 32.3 Å². The van der Waals surface area contributed by atoms with Crippen molar-refractivity contribution in [3.63, 3.8) is 0 Å². The number of piperidine rings is 1. The van der Waals surface area contributed by atoms with Crippen LogP contribution in [-0.2, 0) is 7.05 Å². The molecule has 7 nitrogen and oxygen atoms in total. The second kappa shape index (κ2) is 6.51. The highest BCUT2D eigenvalue weighted by atomic mass is 16.2. The molecule has 1 amide bonds. The Bertz CT molecular complexity index is 808. The average molecular weight is 329 g/mol. The number of anilines is 1. The number of aromatic amines is 1. The molecule has 1 saturated heterocycles. The van der Waals surface area contributed by atoms with Gasteiger partial charge >= 0.3 is 0 Å². The maximum absolute atomic E-state index is 12.5. The molecule has 0 bridgehead atoms. The maximum atomic E-state index is 12.5. The van der Waals surface area contributed by atoms with Gasteiger partial charge in [0, 0.05) is 44.5 Å². The van der Waals surface area contributed by atoms with Gasteiger partial charge < -0.3 is 15.2 Å². The highest BCUT2D eigenvalue weighted by Crippen LogP contribution is 2.20. The fourth-order valence-electron chi connectivity index (χ4n) is 3.28. The van der Waals surface area contributed by atoms with Gasteiger partial charge in [0.2, 0.25) is 5.56 Å². The number of H-pyrrole nitrogens is 1. The minimum Gasteiger partial charge on any atom is -0.355 e. The number of aromatic nitrogens is 3. The maximum Gasteiger partial charge on any atom is 0.253 e. The van der Waals surface area contributed by atoms with Crippen LogP contribution in [-0.4, -0.2) is 39.8 Å². The van der Waals surface area contributed by atoms with Crippen molar-refractivity contribution in [2.24, 2.45) is 7.05 Å². The number of amides is 1. The van der Waals surface area contributed by atoms with E-state index in [9.17, 15) is 9.59 Å². The molecule has 1 aliphatic heterocycles. The Morgan fingerprint density at radius 3 is 2.83 bits per heavy atom. The lowest BCUT2D eigenvalue weighted by molar-refractivity contribution is 0.0932. The van der Waals surface area contributed by atoms with Gasteiger partial charge in [-0.2, -0.15) is 5.10 Å². The van der Waals surface area contributed by atoms with Crippen LogP contribution >= 0.6 is 0 Å². The van der Waals surface area contributed by atoms with E-state index in [0.717, 1.165) is 37.4 Å². The van der Waals surface area contributed by atoms with Gasteiger partial charge in [0.1, 0.15) is 5.82 Å². The third-order valence-electron chi connectivity index (χ3n) is 4.43. The van der Waals surface area contributed by atoms with E-state index >= 15 is 0 Å². The Hall–Kier alpha value is -2.57. The molecule has 0 saturated carbocycles. The van der Waals surface area contributed by atoms with E-state index in [2.05, 4.69) is 26.4 Å². The molecule has 0 aromatic carbocycles. The third kappa shape index (κ3) is 3.34. The summed E-state index contributed by atoms with van der Waals surface area (Å²) in [5, 5.41) is 7.48. The Kier molecular flexibility index (Phi) is 4.42. The average Bonchev–Trinajstić information content (AvgIpc) is 2.86.